The molecule has 0 saturated heterocycles. The van der Waals surface area contributed by atoms with E-state index in [0.717, 1.165) is 22.7 Å². The molecule has 96 valence electrons. The molecular weight excluding hydrogens is 244 g/mol. The second kappa shape index (κ2) is 5.33. The van der Waals surface area contributed by atoms with Gasteiger partial charge in [0.1, 0.15) is 5.52 Å². The maximum absolute atomic E-state index is 6.23. The summed E-state index contributed by atoms with van der Waals surface area (Å²) in [6.07, 6.45) is 6.12. The number of para-hydroxylation sites is 2. The molecule has 0 bridgehead atoms. The Morgan fingerprint density at radius 2 is 2.00 bits per heavy atom. The molecule has 1 heterocycles. The predicted molar refractivity (Wildman–Crippen MR) is 74.7 cm³/mol. The van der Waals surface area contributed by atoms with Crippen LogP contribution < -0.4 is 5.73 Å². The third-order valence-electron chi connectivity index (χ3n) is 3.53. The Bertz CT molecular complexity index is 492. The van der Waals surface area contributed by atoms with Gasteiger partial charge in [-0.1, -0.05) is 43.2 Å². The van der Waals surface area contributed by atoms with Crippen LogP contribution in [-0.4, -0.2) is 16.3 Å². The largest absolute Gasteiger partial charge is 0.431 e. The Hall–Kier alpha value is -1.00. The molecule has 3 rings (SSSR count). The Labute approximate surface area is 111 Å². The number of nitrogens with two attached hydrogens (primary N) is 1. The zero-order chi connectivity index (χ0) is 12.4. The van der Waals surface area contributed by atoms with Gasteiger partial charge in [-0.3, -0.25) is 0 Å². The van der Waals surface area contributed by atoms with Crippen molar-refractivity contribution >= 4 is 22.9 Å². The minimum Gasteiger partial charge on any atom is -0.431 e. The van der Waals surface area contributed by atoms with E-state index < -0.39 is 0 Å². The predicted octanol–water partition coefficient (Wildman–Crippen LogP) is 3.58. The molecule has 1 fully saturated rings. The number of oxazole rings is 1. The normalized spacial score (nSPS) is 25.2. The van der Waals surface area contributed by atoms with Crippen LogP contribution in [0.25, 0.3) is 11.1 Å². The van der Waals surface area contributed by atoms with Crippen LogP contribution in [0.15, 0.2) is 33.9 Å². The number of benzene rings is 1. The van der Waals surface area contributed by atoms with Crippen LogP contribution in [0.2, 0.25) is 0 Å². The molecule has 1 aliphatic rings. The van der Waals surface area contributed by atoms with Crippen molar-refractivity contribution in [3.8, 4) is 0 Å². The number of thioether (sulfide) groups is 1. The third kappa shape index (κ3) is 2.54. The van der Waals surface area contributed by atoms with Gasteiger partial charge >= 0.3 is 0 Å². The molecule has 1 saturated carbocycles. The first-order valence-electron chi connectivity index (χ1n) is 6.61. The monoisotopic (exact) mass is 262 g/mol. The van der Waals surface area contributed by atoms with E-state index in [1.807, 2.05) is 24.3 Å². The summed E-state index contributed by atoms with van der Waals surface area (Å²) in [5.41, 5.74) is 8.03. The Morgan fingerprint density at radius 3 is 2.89 bits per heavy atom. The molecule has 2 aromatic rings. The molecule has 1 aliphatic carbocycles. The van der Waals surface area contributed by atoms with E-state index in [9.17, 15) is 0 Å². The number of nitrogens with zero attached hydrogens (tertiary/aromatic N) is 1. The fourth-order valence-electron chi connectivity index (χ4n) is 2.48. The van der Waals surface area contributed by atoms with Crippen LogP contribution in [0.4, 0.5) is 0 Å². The second-order valence-electron chi connectivity index (χ2n) is 4.91. The first-order chi connectivity index (χ1) is 8.83. The van der Waals surface area contributed by atoms with Gasteiger partial charge in [0.05, 0.1) is 0 Å². The van der Waals surface area contributed by atoms with E-state index in [2.05, 4.69) is 4.98 Å². The van der Waals surface area contributed by atoms with Gasteiger partial charge < -0.3 is 10.2 Å². The molecule has 18 heavy (non-hydrogen) atoms. The zero-order valence-corrected chi connectivity index (χ0v) is 11.2. The smallest absolute Gasteiger partial charge is 0.257 e. The number of fused-ring (bicyclic) bond motifs is 1. The van der Waals surface area contributed by atoms with Crippen LogP contribution in [0.5, 0.6) is 0 Å². The van der Waals surface area contributed by atoms with E-state index in [-0.39, 0.29) is 6.04 Å². The van der Waals surface area contributed by atoms with Crippen molar-refractivity contribution < 1.29 is 4.42 Å². The molecule has 1 aromatic carbocycles. The van der Waals surface area contributed by atoms with Gasteiger partial charge in [0.25, 0.3) is 5.22 Å². The van der Waals surface area contributed by atoms with Gasteiger partial charge in [0, 0.05) is 11.3 Å². The molecule has 3 nitrogen and oxygen atoms in total. The minimum atomic E-state index is 0.271. The molecule has 2 N–H and O–H groups in total. The third-order valence-corrected chi connectivity index (χ3v) is 4.79. The lowest BCUT2D eigenvalue weighted by Crippen LogP contribution is -2.31. The Kier molecular flexibility index (Phi) is 3.57. The van der Waals surface area contributed by atoms with Crippen molar-refractivity contribution in [3.05, 3.63) is 24.3 Å². The number of aromatic nitrogens is 1. The van der Waals surface area contributed by atoms with Crippen LogP contribution in [0, 0.1) is 0 Å². The summed E-state index contributed by atoms with van der Waals surface area (Å²) >= 11 is 1.71. The Morgan fingerprint density at radius 1 is 1.17 bits per heavy atom. The Balaban J connectivity index is 1.78. The van der Waals surface area contributed by atoms with Gasteiger partial charge in [0.2, 0.25) is 0 Å². The highest BCUT2D eigenvalue weighted by atomic mass is 32.2. The summed E-state index contributed by atoms with van der Waals surface area (Å²) in [6.45, 7) is 0. The second-order valence-corrected chi connectivity index (χ2v) is 6.10. The van der Waals surface area contributed by atoms with Crippen LogP contribution in [0.3, 0.4) is 0 Å². The van der Waals surface area contributed by atoms with Crippen molar-refractivity contribution in [1.82, 2.24) is 4.98 Å². The SMILES string of the molecule is NC1CCCCCC1Sc1nc2ccccc2o1. The number of hydrogen-bond donors (Lipinski definition) is 1. The topological polar surface area (TPSA) is 52.0 Å². The molecule has 0 radical (unpaired) electrons. The van der Waals surface area contributed by atoms with E-state index in [1.54, 1.807) is 11.8 Å². The fraction of sp³-hybridized carbons (Fsp3) is 0.500. The first kappa shape index (κ1) is 12.1. The van der Waals surface area contributed by atoms with Gasteiger partial charge in [-0.05, 0) is 25.0 Å². The van der Waals surface area contributed by atoms with Crippen molar-refractivity contribution in [2.75, 3.05) is 0 Å². The summed E-state index contributed by atoms with van der Waals surface area (Å²) < 4.78 is 5.76. The highest BCUT2D eigenvalue weighted by molar-refractivity contribution is 7.99. The molecule has 0 amide bonds. The summed E-state index contributed by atoms with van der Waals surface area (Å²) in [7, 11) is 0. The van der Waals surface area contributed by atoms with Crippen molar-refractivity contribution in [2.45, 2.75) is 48.6 Å². The molecule has 1 aromatic heterocycles. The number of rotatable bonds is 2. The fourth-order valence-corrected chi connectivity index (χ4v) is 3.62. The summed E-state index contributed by atoms with van der Waals surface area (Å²) in [6, 6.07) is 8.17. The van der Waals surface area contributed by atoms with Crippen molar-refractivity contribution in [1.29, 1.82) is 0 Å². The van der Waals surface area contributed by atoms with Gasteiger partial charge in [-0.2, -0.15) is 0 Å². The lowest BCUT2D eigenvalue weighted by molar-refractivity contribution is 0.484. The van der Waals surface area contributed by atoms with Gasteiger partial charge in [-0.15, -0.1) is 0 Å². The number of hydrogen-bond acceptors (Lipinski definition) is 4. The highest BCUT2D eigenvalue weighted by Gasteiger charge is 2.23. The quantitative estimate of drug-likeness (QED) is 0.840. The average Bonchev–Trinajstić information content (AvgIpc) is 2.68. The summed E-state index contributed by atoms with van der Waals surface area (Å²) in [5, 5.41) is 1.21. The van der Waals surface area contributed by atoms with Gasteiger partial charge in [0.15, 0.2) is 5.58 Å². The van der Waals surface area contributed by atoms with E-state index in [4.69, 9.17) is 10.2 Å². The van der Waals surface area contributed by atoms with Crippen molar-refractivity contribution in [2.24, 2.45) is 5.73 Å². The van der Waals surface area contributed by atoms with E-state index in [0.29, 0.717) is 5.25 Å². The molecule has 2 atom stereocenters. The van der Waals surface area contributed by atoms with Crippen LogP contribution in [-0.2, 0) is 0 Å². The summed E-state index contributed by atoms with van der Waals surface area (Å²) in [4.78, 5) is 4.51. The maximum Gasteiger partial charge on any atom is 0.257 e. The molecule has 2 unspecified atom stereocenters. The lowest BCUT2D eigenvalue weighted by atomic mass is 10.1. The average molecular weight is 262 g/mol. The zero-order valence-electron chi connectivity index (χ0n) is 10.3. The maximum atomic E-state index is 6.23. The molecule has 0 aliphatic heterocycles. The standard InChI is InChI=1S/C14H18N2OS/c15-10-6-2-1-3-9-13(10)18-14-16-11-7-4-5-8-12(11)17-14/h4-5,7-8,10,13H,1-3,6,9,15H2. The molecule has 0 spiro atoms. The van der Waals surface area contributed by atoms with E-state index >= 15 is 0 Å². The van der Waals surface area contributed by atoms with E-state index in [1.165, 1.54) is 25.7 Å². The highest BCUT2D eigenvalue weighted by Crippen LogP contribution is 2.33. The molecule has 4 heteroatoms. The van der Waals surface area contributed by atoms with Crippen molar-refractivity contribution in [3.63, 3.8) is 0 Å². The lowest BCUT2D eigenvalue weighted by Gasteiger charge is -2.18. The van der Waals surface area contributed by atoms with Gasteiger partial charge in [-0.25, -0.2) is 4.98 Å². The summed E-state index contributed by atoms with van der Waals surface area (Å²) in [5.74, 6) is 0. The first-order valence-corrected chi connectivity index (χ1v) is 7.49. The van der Waals surface area contributed by atoms with Crippen LogP contribution in [0.1, 0.15) is 32.1 Å². The molecular formula is C14H18N2OS. The minimum absolute atomic E-state index is 0.271. The van der Waals surface area contributed by atoms with Crippen LogP contribution >= 0.6 is 11.8 Å².